The van der Waals surface area contributed by atoms with E-state index in [0.717, 1.165) is 12.8 Å². The van der Waals surface area contributed by atoms with Crippen LogP contribution in [0.5, 0.6) is 0 Å². The van der Waals surface area contributed by atoms with Gasteiger partial charge in [-0.3, -0.25) is 0 Å². The van der Waals surface area contributed by atoms with Gasteiger partial charge >= 0.3 is 6.09 Å². The molecule has 0 aromatic rings. The summed E-state index contributed by atoms with van der Waals surface area (Å²) in [4.78, 5) is 12.6. The number of ether oxygens (including phenoxy) is 1. The molecule has 14 heavy (non-hydrogen) atoms. The van der Waals surface area contributed by atoms with Crippen molar-refractivity contribution in [1.29, 1.82) is 0 Å². The third-order valence-corrected chi connectivity index (χ3v) is 2.13. The van der Waals surface area contributed by atoms with Crippen LogP contribution < -0.4 is 0 Å². The Hall–Kier alpha value is -0.730. The number of carbonyl (C=O) groups excluding carboxylic acids is 1. The Morgan fingerprint density at radius 1 is 1.29 bits per heavy atom. The molecule has 0 N–H and O–H groups in total. The summed E-state index contributed by atoms with van der Waals surface area (Å²) in [5.41, 5.74) is 0. The summed E-state index contributed by atoms with van der Waals surface area (Å²) in [6.45, 7) is 4.14. The van der Waals surface area contributed by atoms with E-state index in [1.807, 2.05) is 6.92 Å². The maximum Gasteiger partial charge on any atom is 0.409 e. The van der Waals surface area contributed by atoms with Gasteiger partial charge in [-0.2, -0.15) is 0 Å². The Kier molecular flexibility index (Phi) is 7.25. The van der Waals surface area contributed by atoms with Crippen molar-refractivity contribution < 1.29 is 9.53 Å². The second-order valence-corrected chi connectivity index (χ2v) is 3.94. The van der Waals surface area contributed by atoms with Crippen LogP contribution >= 0.6 is 0 Å². The van der Waals surface area contributed by atoms with E-state index in [0.29, 0.717) is 0 Å². The van der Waals surface area contributed by atoms with Crippen molar-refractivity contribution in [3.63, 3.8) is 0 Å². The second-order valence-electron chi connectivity index (χ2n) is 3.94. The third-order valence-electron chi connectivity index (χ3n) is 2.13. The van der Waals surface area contributed by atoms with Crippen molar-refractivity contribution in [2.75, 3.05) is 14.1 Å². The molecule has 0 fully saturated rings. The van der Waals surface area contributed by atoms with E-state index in [4.69, 9.17) is 4.74 Å². The summed E-state index contributed by atoms with van der Waals surface area (Å²) in [5, 5.41) is 0. The van der Waals surface area contributed by atoms with Gasteiger partial charge in [-0.15, -0.1) is 0 Å². The molecule has 84 valence electrons. The van der Waals surface area contributed by atoms with Crippen LogP contribution in [0.15, 0.2) is 0 Å². The van der Waals surface area contributed by atoms with Crippen LogP contribution in [0.4, 0.5) is 4.79 Å². The Labute approximate surface area is 87.4 Å². The van der Waals surface area contributed by atoms with Gasteiger partial charge < -0.3 is 9.64 Å². The maximum absolute atomic E-state index is 11.1. The van der Waals surface area contributed by atoms with Crippen molar-refractivity contribution in [1.82, 2.24) is 4.90 Å². The average Bonchev–Trinajstić information content (AvgIpc) is 2.12. The lowest BCUT2D eigenvalue weighted by molar-refractivity contribution is 0.0776. The fourth-order valence-electron chi connectivity index (χ4n) is 1.20. The lowest BCUT2D eigenvalue weighted by Gasteiger charge is -2.16. The zero-order valence-corrected chi connectivity index (χ0v) is 9.88. The molecule has 0 heterocycles. The summed E-state index contributed by atoms with van der Waals surface area (Å²) in [7, 11) is 3.40. The Bertz CT molecular complexity index is 157. The van der Waals surface area contributed by atoms with E-state index < -0.39 is 0 Å². The molecule has 0 rings (SSSR count). The fraction of sp³-hybridized carbons (Fsp3) is 0.909. The average molecular weight is 201 g/mol. The number of rotatable bonds is 6. The first-order valence-electron chi connectivity index (χ1n) is 5.45. The Balaban J connectivity index is 3.45. The first kappa shape index (κ1) is 13.3. The standard InChI is InChI=1S/C11H23NO2/c1-5-6-7-8-9-10(2)14-11(13)12(3)4/h10H,5-9H2,1-4H3. The number of unbranched alkanes of at least 4 members (excludes halogenated alkanes) is 3. The topological polar surface area (TPSA) is 29.5 Å². The van der Waals surface area contributed by atoms with Crippen molar-refractivity contribution >= 4 is 6.09 Å². The largest absolute Gasteiger partial charge is 0.446 e. The highest BCUT2D eigenvalue weighted by Gasteiger charge is 2.10. The highest BCUT2D eigenvalue weighted by molar-refractivity contribution is 5.66. The van der Waals surface area contributed by atoms with E-state index >= 15 is 0 Å². The lowest BCUT2D eigenvalue weighted by atomic mass is 10.1. The zero-order valence-electron chi connectivity index (χ0n) is 9.88. The molecule has 3 nitrogen and oxygen atoms in total. The molecule has 0 aliphatic carbocycles. The van der Waals surface area contributed by atoms with Crippen molar-refractivity contribution in [3.05, 3.63) is 0 Å². The molecular formula is C11H23NO2. The number of amides is 1. The van der Waals surface area contributed by atoms with E-state index in [1.54, 1.807) is 14.1 Å². The van der Waals surface area contributed by atoms with E-state index in [2.05, 4.69) is 6.92 Å². The summed E-state index contributed by atoms with van der Waals surface area (Å²) in [6.07, 6.45) is 5.67. The van der Waals surface area contributed by atoms with Gasteiger partial charge in [0.15, 0.2) is 0 Å². The van der Waals surface area contributed by atoms with Crippen LogP contribution in [0, 0.1) is 0 Å². The van der Waals surface area contributed by atoms with Crippen molar-refractivity contribution in [2.45, 2.75) is 52.1 Å². The number of carbonyl (C=O) groups is 1. The molecule has 0 aliphatic rings. The van der Waals surface area contributed by atoms with Crippen LogP contribution in [0.25, 0.3) is 0 Å². The Morgan fingerprint density at radius 3 is 2.43 bits per heavy atom. The molecule has 0 spiro atoms. The monoisotopic (exact) mass is 201 g/mol. The summed E-state index contributed by atoms with van der Waals surface area (Å²) < 4.78 is 5.18. The molecular weight excluding hydrogens is 178 g/mol. The van der Waals surface area contributed by atoms with Crippen molar-refractivity contribution in [2.24, 2.45) is 0 Å². The van der Waals surface area contributed by atoms with E-state index in [-0.39, 0.29) is 12.2 Å². The SMILES string of the molecule is CCCCCCC(C)OC(=O)N(C)C. The van der Waals surface area contributed by atoms with Gasteiger partial charge in [-0.25, -0.2) is 4.79 Å². The lowest BCUT2D eigenvalue weighted by Crippen LogP contribution is -2.26. The normalized spacial score (nSPS) is 12.3. The molecule has 3 heteroatoms. The van der Waals surface area contributed by atoms with Crippen LogP contribution in [0.3, 0.4) is 0 Å². The number of hydrogen-bond donors (Lipinski definition) is 0. The summed E-state index contributed by atoms with van der Waals surface area (Å²) >= 11 is 0. The first-order valence-corrected chi connectivity index (χ1v) is 5.45. The predicted molar refractivity (Wildman–Crippen MR) is 58.4 cm³/mol. The highest BCUT2D eigenvalue weighted by Crippen LogP contribution is 2.08. The molecule has 0 saturated carbocycles. The molecule has 1 atom stereocenters. The van der Waals surface area contributed by atoms with Gasteiger partial charge in [-0.1, -0.05) is 26.2 Å². The minimum Gasteiger partial charge on any atom is -0.446 e. The predicted octanol–water partition coefficient (Wildman–Crippen LogP) is 3.04. The Morgan fingerprint density at radius 2 is 1.93 bits per heavy atom. The molecule has 0 aromatic heterocycles. The van der Waals surface area contributed by atoms with Crippen LogP contribution in [0.2, 0.25) is 0 Å². The van der Waals surface area contributed by atoms with E-state index in [9.17, 15) is 4.79 Å². The van der Waals surface area contributed by atoms with Gasteiger partial charge in [0.05, 0.1) is 0 Å². The number of nitrogens with zero attached hydrogens (tertiary/aromatic N) is 1. The third kappa shape index (κ3) is 6.75. The first-order chi connectivity index (χ1) is 6.57. The quantitative estimate of drug-likeness (QED) is 0.618. The van der Waals surface area contributed by atoms with Gasteiger partial charge in [0.25, 0.3) is 0 Å². The van der Waals surface area contributed by atoms with Gasteiger partial charge in [0.1, 0.15) is 6.10 Å². The number of hydrogen-bond acceptors (Lipinski definition) is 2. The fourth-order valence-corrected chi connectivity index (χ4v) is 1.20. The molecule has 0 aliphatic heterocycles. The second kappa shape index (κ2) is 7.65. The summed E-state index contributed by atoms with van der Waals surface area (Å²) in [6, 6.07) is 0. The molecule has 0 aromatic carbocycles. The van der Waals surface area contributed by atoms with E-state index in [1.165, 1.54) is 24.2 Å². The highest BCUT2D eigenvalue weighted by atomic mass is 16.6. The minimum absolute atomic E-state index is 0.0433. The van der Waals surface area contributed by atoms with Gasteiger partial charge in [0, 0.05) is 14.1 Å². The molecule has 0 radical (unpaired) electrons. The van der Waals surface area contributed by atoms with Crippen LogP contribution in [-0.2, 0) is 4.74 Å². The van der Waals surface area contributed by atoms with Gasteiger partial charge in [-0.05, 0) is 19.8 Å². The summed E-state index contributed by atoms with van der Waals surface area (Å²) in [5.74, 6) is 0. The molecule has 0 bridgehead atoms. The molecule has 0 saturated heterocycles. The maximum atomic E-state index is 11.1. The zero-order chi connectivity index (χ0) is 11.0. The van der Waals surface area contributed by atoms with Gasteiger partial charge in [0.2, 0.25) is 0 Å². The minimum atomic E-state index is -0.243. The van der Waals surface area contributed by atoms with Crippen molar-refractivity contribution in [3.8, 4) is 0 Å². The molecule has 1 unspecified atom stereocenters. The van der Waals surface area contributed by atoms with Crippen LogP contribution in [-0.4, -0.2) is 31.2 Å². The van der Waals surface area contributed by atoms with Crippen LogP contribution in [0.1, 0.15) is 46.0 Å². The molecule has 1 amide bonds. The smallest absolute Gasteiger partial charge is 0.409 e.